The van der Waals surface area contributed by atoms with Crippen LogP contribution in [0.1, 0.15) is 38.1 Å². The summed E-state index contributed by atoms with van der Waals surface area (Å²) in [7, 11) is 3.47. The molecule has 0 aliphatic heterocycles. The lowest BCUT2D eigenvalue weighted by Gasteiger charge is -2.25. The predicted octanol–water partition coefficient (Wildman–Crippen LogP) is 3.77. The van der Waals surface area contributed by atoms with Crippen molar-refractivity contribution in [2.24, 2.45) is 0 Å². The number of rotatable bonds is 5. The van der Waals surface area contributed by atoms with Gasteiger partial charge in [0.25, 0.3) is 0 Å². The maximum atomic E-state index is 14.3. The van der Waals surface area contributed by atoms with Gasteiger partial charge >= 0.3 is 0 Å². The van der Waals surface area contributed by atoms with Gasteiger partial charge in [-0.1, -0.05) is 43.2 Å². The normalized spacial score (nSPS) is 15.3. The van der Waals surface area contributed by atoms with Gasteiger partial charge in [-0.25, -0.2) is 4.39 Å². The number of aromatic nitrogens is 3. The van der Waals surface area contributed by atoms with Crippen LogP contribution >= 0.6 is 11.8 Å². The molecule has 1 aromatic carbocycles. The fraction of sp³-hybridized carbons (Fsp3) is 0.500. The molecule has 0 spiro atoms. The molecule has 0 radical (unpaired) electrons. The number of hydrogen-bond acceptors (Lipinski definition) is 4. The molecular weight excluding hydrogens is 339 g/mol. The molecule has 3 rings (SSSR count). The largest absolute Gasteiger partial charge is 0.348 e. The fourth-order valence-electron chi connectivity index (χ4n) is 3.13. The van der Waals surface area contributed by atoms with Crippen LogP contribution in [0.25, 0.3) is 11.4 Å². The maximum absolute atomic E-state index is 14.3. The quantitative estimate of drug-likeness (QED) is 0.760. The zero-order valence-corrected chi connectivity index (χ0v) is 15.4. The van der Waals surface area contributed by atoms with Crippen LogP contribution in [-0.4, -0.2) is 45.4 Å². The molecule has 0 N–H and O–H groups in total. The predicted molar refractivity (Wildman–Crippen MR) is 97.0 cm³/mol. The highest BCUT2D eigenvalue weighted by molar-refractivity contribution is 7.99. The SMILES string of the molecule is CN(C)C(=O)CSc1nnc(-c2ccccc2F)n1C1CCCCC1. The van der Waals surface area contributed by atoms with Gasteiger partial charge in [-0.15, -0.1) is 10.2 Å². The van der Waals surface area contributed by atoms with Crippen molar-refractivity contribution in [3.63, 3.8) is 0 Å². The van der Waals surface area contributed by atoms with Gasteiger partial charge in [0.2, 0.25) is 5.91 Å². The number of carbonyl (C=O) groups excluding carboxylic acids is 1. The first-order chi connectivity index (χ1) is 12.1. The van der Waals surface area contributed by atoms with Gasteiger partial charge in [0.05, 0.1) is 11.3 Å². The molecule has 1 saturated carbocycles. The van der Waals surface area contributed by atoms with Crippen molar-refractivity contribution in [3.8, 4) is 11.4 Å². The summed E-state index contributed by atoms with van der Waals surface area (Å²) < 4.78 is 16.3. The first-order valence-electron chi connectivity index (χ1n) is 8.60. The molecule has 1 aliphatic rings. The minimum absolute atomic E-state index is 0.0237. The van der Waals surface area contributed by atoms with Gasteiger partial charge in [0.1, 0.15) is 5.82 Å². The Labute approximate surface area is 151 Å². The monoisotopic (exact) mass is 362 g/mol. The molecule has 0 saturated heterocycles. The molecule has 25 heavy (non-hydrogen) atoms. The Morgan fingerprint density at radius 3 is 2.64 bits per heavy atom. The topological polar surface area (TPSA) is 51.0 Å². The smallest absolute Gasteiger partial charge is 0.232 e. The zero-order chi connectivity index (χ0) is 17.8. The average molecular weight is 362 g/mol. The Kier molecular flexibility index (Phi) is 5.73. The fourth-order valence-corrected chi connectivity index (χ4v) is 4.11. The van der Waals surface area contributed by atoms with E-state index in [0.717, 1.165) is 25.7 Å². The number of halogens is 1. The Hall–Kier alpha value is -1.89. The number of thioether (sulfide) groups is 1. The number of amides is 1. The summed E-state index contributed by atoms with van der Waals surface area (Å²) in [4.78, 5) is 13.5. The third-order valence-electron chi connectivity index (χ3n) is 4.54. The standard InChI is InChI=1S/C18H23FN4OS/c1-22(2)16(24)12-25-18-21-20-17(14-10-6-7-11-15(14)19)23(18)13-8-4-3-5-9-13/h6-7,10-11,13H,3-5,8-9,12H2,1-2H3. The molecule has 0 bridgehead atoms. The van der Waals surface area contributed by atoms with Crippen molar-refractivity contribution in [2.75, 3.05) is 19.8 Å². The van der Waals surface area contributed by atoms with Gasteiger partial charge in [0, 0.05) is 20.1 Å². The van der Waals surface area contributed by atoms with E-state index in [0.29, 0.717) is 22.3 Å². The second-order valence-electron chi connectivity index (χ2n) is 6.52. The summed E-state index contributed by atoms with van der Waals surface area (Å²) in [5.74, 6) is 0.586. The highest BCUT2D eigenvalue weighted by atomic mass is 32.2. The highest BCUT2D eigenvalue weighted by Gasteiger charge is 2.25. The second kappa shape index (κ2) is 7.99. The number of hydrogen-bond donors (Lipinski definition) is 0. The van der Waals surface area contributed by atoms with E-state index < -0.39 is 0 Å². The van der Waals surface area contributed by atoms with E-state index in [1.807, 2.05) is 4.57 Å². The van der Waals surface area contributed by atoms with Crippen LogP contribution in [0, 0.1) is 5.82 Å². The minimum Gasteiger partial charge on any atom is -0.348 e. The van der Waals surface area contributed by atoms with E-state index in [2.05, 4.69) is 10.2 Å². The van der Waals surface area contributed by atoms with Crippen molar-refractivity contribution >= 4 is 17.7 Å². The summed E-state index contributed by atoms with van der Waals surface area (Å²) in [5.41, 5.74) is 0.464. The van der Waals surface area contributed by atoms with Crippen molar-refractivity contribution in [1.82, 2.24) is 19.7 Å². The number of nitrogens with zero attached hydrogens (tertiary/aromatic N) is 4. The Bertz CT molecular complexity index is 740. The van der Waals surface area contributed by atoms with Crippen LogP contribution in [0.15, 0.2) is 29.4 Å². The summed E-state index contributed by atoms with van der Waals surface area (Å²) in [6.07, 6.45) is 5.61. The molecule has 1 fully saturated rings. The van der Waals surface area contributed by atoms with E-state index in [1.165, 1.54) is 24.2 Å². The number of benzene rings is 1. The molecule has 0 atom stereocenters. The van der Waals surface area contributed by atoms with Gasteiger partial charge < -0.3 is 4.90 Å². The molecule has 1 aromatic heterocycles. The zero-order valence-electron chi connectivity index (χ0n) is 14.6. The molecule has 1 heterocycles. The van der Waals surface area contributed by atoms with E-state index in [1.54, 1.807) is 37.2 Å². The van der Waals surface area contributed by atoms with Crippen LogP contribution in [0.4, 0.5) is 4.39 Å². The Morgan fingerprint density at radius 2 is 1.96 bits per heavy atom. The molecule has 7 heteroatoms. The van der Waals surface area contributed by atoms with Crippen LogP contribution in [0.2, 0.25) is 0 Å². The molecule has 2 aromatic rings. The van der Waals surface area contributed by atoms with Gasteiger partial charge in [0.15, 0.2) is 11.0 Å². The van der Waals surface area contributed by atoms with Crippen molar-refractivity contribution in [3.05, 3.63) is 30.1 Å². The molecule has 1 amide bonds. The molecule has 134 valence electrons. The molecule has 5 nitrogen and oxygen atoms in total. The van der Waals surface area contributed by atoms with Crippen molar-refractivity contribution < 1.29 is 9.18 Å². The summed E-state index contributed by atoms with van der Waals surface area (Å²) in [5, 5.41) is 9.25. The summed E-state index contributed by atoms with van der Waals surface area (Å²) in [6, 6.07) is 6.91. The number of carbonyl (C=O) groups is 1. The average Bonchev–Trinajstić information content (AvgIpc) is 3.04. The van der Waals surface area contributed by atoms with E-state index in [9.17, 15) is 9.18 Å². The first kappa shape index (κ1) is 17.9. The molecule has 0 unspecified atom stereocenters. The third-order valence-corrected chi connectivity index (χ3v) is 5.47. The highest BCUT2D eigenvalue weighted by Crippen LogP contribution is 2.36. The van der Waals surface area contributed by atoms with Crippen LogP contribution in [-0.2, 0) is 4.79 Å². The summed E-state index contributed by atoms with van der Waals surface area (Å²) >= 11 is 1.37. The minimum atomic E-state index is -0.298. The first-order valence-corrected chi connectivity index (χ1v) is 9.59. The van der Waals surface area contributed by atoms with Gasteiger partial charge in [-0.3, -0.25) is 9.36 Å². The molecule has 1 aliphatic carbocycles. The lowest BCUT2D eigenvalue weighted by Crippen LogP contribution is -2.24. The van der Waals surface area contributed by atoms with E-state index in [4.69, 9.17) is 0 Å². The van der Waals surface area contributed by atoms with Crippen LogP contribution < -0.4 is 0 Å². The Morgan fingerprint density at radius 1 is 1.24 bits per heavy atom. The maximum Gasteiger partial charge on any atom is 0.232 e. The lowest BCUT2D eigenvalue weighted by atomic mass is 9.95. The second-order valence-corrected chi connectivity index (χ2v) is 7.47. The molecular formula is C18H23FN4OS. The van der Waals surface area contributed by atoms with Gasteiger partial charge in [-0.05, 0) is 25.0 Å². The lowest BCUT2D eigenvalue weighted by molar-refractivity contribution is -0.125. The van der Waals surface area contributed by atoms with Crippen LogP contribution in [0.3, 0.4) is 0 Å². The van der Waals surface area contributed by atoms with E-state index >= 15 is 0 Å². The Balaban J connectivity index is 1.95. The van der Waals surface area contributed by atoms with E-state index in [-0.39, 0.29) is 17.8 Å². The van der Waals surface area contributed by atoms with Crippen LogP contribution in [0.5, 0.6) is 0 Å². The van der Waals surface area contributed by atoms with Crippen molar-refractivity contribution in [2.45, 2.75) is 43.3 Å². The summed E-state index contributed by atoms with van der Waals surface area (Å²) in [6.45, 7) is 0. The third kappa shape index (κ3) is 4.03. The van der Waals surface area contributed by atoms with Gasteiger partial charge in [-0.2, -0.15) is 0 Å². The van der Waals surface area contributed by atoms with Crippen molar-refractivity contribution in [1.29, 1.82) is 0 Å².